The maximum atomic E-state index is 14.0. The van der Waals surface area contributed by atoms with Crippen LogP contribution >= 0.6 is 0 Å². The highest BCUT2D eigenvalue weighted by atomic mass is 16.7. The van der Waals surface area contributed by atoms with Gasteiger partial charge in [0.05, 0.1) is 56.8 Å². The van der Waals surface area contributed by atoms with Gasteiger partial charge < -0.3 is 74.4 Å². The summed E-state index contributed by atoms with van der Waals surface area (Å²) in [4.78, 5) is 65.7. The lowest BCUT2D eigenvalue weighted by Gasteiger charge is -2.46. The van der Waals surface area contributed by atoms with Crippen LogP contribution < -0.4 is 10.6 Å². The molecule has 0 saturated carbocycles. The van der Waals surface area contributed by atoms with Crippen LogP contribution in [0.3, 0.4) is 0 Å². The second-order valence-corrected chi connectivity index (χ2v) is 20.6. The molecule has 15 atom stereocenters. The molecule has 0 radical (unpaired) electrons. The van der Waals surface area contributed by atoms with Crippen LogP contribution in [0.25, 0.3) is 0 Å². The zero-order chi connectivity index (χ0) is 54.5. The quantitative estimate of drug-likeness (QED) is 0.0236. The third-order valence-electron chi connectivity index (χ3n) is 13.3. The molecule has 0 aromatic rings. The largest absolute Gasteiger partial charge is 0.462 e. The van der Waals surface area contributed by atoms with Gasteiger partial charge in [-0.1, -0.05) is 118 Å². The van der Waals surface area contributed by atoms with Crippen LogP contribution in [-0.4, -0.2) is 165 Å². The standard InChI is InChI=1S/C53H96N2O18/c1-9-12-15-18-21-24-38(28-42(59)55-41(32-57)51(66)54-37(31-56)27-33(4)5)70-43(60)29-39(25-22-19-16-13-10-2)71-44(61)30-40(26-23-20-17-14-11-3)72-53-48(65)50(45(62)34(6)67-53)73-52-47(64)46(63)49(35(7)68-52)69-36(8)58/h33-35,37-41,45-50,52-53,56-57,62-65H,9-32H2,1-8H3,(H,54,66)(H,55,59). The predicted molar refractivity (Wildman–Crippen MR) is 269 cm³/mol. The van der Waals surface area contributed by atoms with Crippen LogP contribution in [-0.2, 0) is 57.1 Å². The molecule has 0 spiro atoms. The van der Waals surface area contributed by atoms with Crippen molar-refractivity contribution in [2.75, 3.05) is 13.2 Å². The third-order valence-corrected chi connectivity index (χ3v) is 13.3. The Hall–Kier alpha value is -3.05. The Kier molecular flexibility index (Phi) is 33.3. The van der Waals surface area contributed by atoms with Crippen molar-refractivity contribution in [3.63, 3.8) is 0 Å². The van der Waals surface area contributed by atoms with Gasteiger partial charge in [0, 0.05) is 6.92 Å². The molecule has 2 aliphatic heterocycles. The van der Waals surface area contributed by atoms with Gasteiger partial charge in [0.25, 0.3) is 0 Å². The van der Waals surface area contributed by atoms with Crippen molar-refractivity contribution in [3.8, 4) is 0 Å². The summed E-state index contributed by atoms with van der Waals surface area (Å²) < 4.78 is 41.0. The number of esters is 3. The maximum Gasteiger partial charge on any atom is 0.309 e. The molecule has 73 heavy (non-hydrogen) atoms. The van der Waals surface area contributed by atoms with E-state index in [-0.39, 0.29) is 31.8 Å². The van der Waals surface area contributed by atoms with E-state index in [0.717, 1.165) is 84.0 Å². The van der Waals surface area contributed by atoms with Gasteiger partial charge in [-0.15, -0.1) is 0 Å². The molecule has 20 nitrogen and oxygen atoms in total. The van der Waals surface area contributed by atoms with Gasteiger partial charge >= 0.3 is 17.9 Å². The second kappa shape index (κ2) is 36.8. The molecule has 15 unspecified atom stereocenters. The lowest BCUT2D eigenvalue weighted by Crippen LogP contribution is -2.64. The number of carbonyl (C=O) groups excluding carboxylic acids is 5. The molecule has 0 aromatic carbocycles. The summed E-state index contributed by atoms with van der Waals surface area (Å²) in [5, 5.41) is 69.4. The molecular weight excluding hydrogens is 953 g/mol. The van der Waals surface area contributed by atoms with E-state index in [0.29, 0.717) is 44.9 Å². The Bertz CT molecular complexity index is 1560. The second-order valence-electron chi connectivity index (χ2n) is 20.6. The number of carbonyl (C=O) groups is 5. The van der Waals surface area contributed by atoms with E-state index in [9.17, 15) is 54.6 Å². The normalized spacial score (nSPS) is 26.3. The first kappa shape index (κ1) is 66.1. The number of aliphatic hydroxyl groups is 6. The first-order valence-corrected chi connectivity index (χ1v) is 27.5. The summed E-state index contributed by atoms with van der Waals surface area (Å²) in [5.74, 6) is -3.12. The number of aliphatic hydroxyl groups excluding tert-OH is 6. The lowest BCUT2D eigenvalue weighted by atomic mass is 9.97. The van der Waals surface area contributed by atoms with Gasteiger partial charge in [-0.05, 0) is 58.3 Å². The molecule has 0 bridgehead atoms. The fourth-order valence-corrected chi connectivity index (χ4v) is 9.18. The number of hydrogen-bond donors (Lipinski definition) is 8. The minimum absolute atomic E-state index is 0.176. The van der Waals surface area contributed by atoms with Crippen LogP contribution in [0.5, 0.6) is 0 Å². The molecule has 2 rings (SSSR count). The summed E-state index contributed by atoms with van der Waals surface area (Å²) in [6, 6.07) is -1.85. The monoisotopic (exact) mass is 1050 g/mol. The van der Waals surface area contributed by atoms with E-state index < -0.39 is 128 Å². The van der Waals surface area contributed by atoms with Crippen molar-refractivity contribution in [1.29, 1.82) is 0 Å². The SMILES string of the molecule is CCCCCCCC(CC(=O)NC(CO)C(=O)NC(CO)CC(C)C)OC(=O)CC(CCCCCCC)OC(=O)CC(CCCCCCC)OC1OC(C)C(O)C(OC2OC(C)C(OC(C)=O)C(O)C2O)C1O. The van der Waals surface area contributed by atoms with Crippen molar-refractivity contribution in [1.82, 2.24) is 10.6 Å². The molecule has 2 amide bonds. The molecule has 2 aliphatic rings. The fourth-order valence-electron chi connectivity index (χ4n) is 9.18. The number of amides is 2. The Morgan fingerprint density at radius 3 is 1.55 bits per heavy atom. The molecule has 2 heterocycles. The van der Waals surface area contributed by atoms with Crippen LogP contribution in [0.1, 0.15) is 197 Å². The number of nitrogens with one attached hydrogen (secondary N) is 2. The number of ether oxygens (including phenoxy) is 7. The Morgan fingerprint density at radius 1 is 0.562 bits per heavy atom. The van der Waals surface area contributed by atoms with Gasteiger partial charge in [0.15, 0.2) is 18.7 Å². The van der Waals surface area contributed by atoms with Crippen LogP contribution in [0.4, 0.5) is 0 Å². The summed E-state index contributed by atoms with van der Waals surface area (Å²) in [7, 11) is 0. The van der Waals surface area contributed by atoms with Gasteiger partial charge in [-0.2, -0.15) is 0 Å². The highest BCUT2D eigenvalue weighted by Gasteiger charge is 2.51. The third kappa shape index (κ3) is 25.6. The summed E-state index contributed by atoms with van der Waals surface area (Å²) >= 11 is 0. The number of rotatable bonds is 38. The molecule has 0 aromatic heterocycles. The average molecular weight is 1050 g/mol. The molecule has 2 fully saturated rings. The Labute approximate surface area is 434 Å². The van der Waals surface area contributed by atoms with Crippen molar-refractivity contribution < 1.29 is 87.8 Å². The van der Waals surface area contributed by atoms with Crippen molar-refractivity contribution in [2.24, 2.45) is 5.92 Å². The highest BCUT2D eigenvalue weighted by Crippen LogP contribution is 2.32. The molecule has 426 valence electrons. The highest BCUT2D eigenvalue weighted by molar-refractivity contribution is 5.88. The number of hydrogen-bond acceptors (Lipinski definition) is 18. The molecule has 8 N–H and O–H groups in total. The van der Waals surface area contributed by atoms with Crippen molar-refractivity contribution in [2.45, 2.75) is 288 Å². The van der Waals surface area contributed by atoms with Gasteiger partial charge in [-0.25, -0.2) is 0 Å². The Morgan fingerprint density at radius 2 is 1.05 bits per heavy atom. The molecule has 2 saturated heterocycles. The predicted octanol–water partition coefficient (Wildman–Crippen LogP) is 4.70. The molecular formula is C53H96N2O18. The molecule has 0 aliphatic carbocycles. The Balaban J connectivity index is 2.27. The summed E-state index contributed by atoms with van der Waals surface area (Å²) in [6.45, 7) is 13.4. The lowest BCUT2D eigenvalue weighted by molar-refractivity contribution is -0.358. The van der Waals surface area contributed by atoms with Crippen molar-refractivity contribution >= 4 is 29.7 Å². The smallest absolute Gasteiger partial charge is 0.309 e. The van der Waals surface area contributed by atoms with Gasteiger partial charge in [-0.3, -0.25) is 24.0 Å². The van der Waals surface area contributed by atoms with Crippen molar-refractivity contribution in [3.05, 3.63) is 0 Å². The average Bonchev–Trinajstić information content (AvgIpc) is 3.33. The van der Waals surface area contributed by atoms with E-state index in [1.807, 2.05) is 13.8 Å². The van der Waals surface area contributed by atoms with E-state index in [2.05, 4.69) is 31.4 Å². The number of unbranched alkanes of at least 4 members (excludes halogenated alkanes) is 12. The zero-order valence-electron chi connectivity index (χ0n) is 45.3. The van der Waals surface area contributed by atoms with E-state index in [4.69, 9.17) is 33.2 Å². The van der Waals surface area contributed by atoms with E-state index >= 15 is 0 Å². The first-order valence-electron chi connectivity index (χ1n) is 27.5. The van der Waals surface area contributed by atoms with E-state index in [1.165, 1.54) is 13.8 Å². The minimum Gasteiger partial charge on any atom is -0.462 e. The first-order chi connectivity index (χ1) is 34.8. The van der Waals surface area contributed by atoms with Gasteiger partial charge in [0.2, 0.25) is 11.8 Å². The van der Waals surface area contributed by atoms with Crippen LogP contribution in [0.15, 0.2) is 0 Å². The summed E-state index contributed by atoms with van der Waals surface area (Å²) in [5.41, 5.74) is 0. The molecule has 20 heteroatoms. The zero-order valence-corrected chi connectivity index (χ0v) is 45.3. The fraction of sp³-hybridized carbons (Fsp3) is 0.906. The summed E-state index contributed by atoms with van der Waals surface area (Å²) in [6.07, 6.45) is -2.41. The van der Waals surface area contributed by atoms with Crippen LogP contribution in [0.2, 0.25) is 0 Å². The van der Waals surface area contributed by atoms with Gasteiger partial charge in [0.1, 0.15) is 48.8 Å². The van der Waals surface area contributed by atoms with E-state index in [1.54, 1.807) is 0 Å². The topological polar surface area (TPSA) is 295 Å². The maximum absolute atomic E-state index is 14.0. The van der Waals surface area contributed by atoms with Crippen LogP contribution in [0, 0.1) is 5.92 Å². The minimum atomic E-state index is -1.73.